The zero-order valence-corrected chi connectivity index (χ0v) is 64.2. The molecular formula is C81H102N18O16. The Morgan fingerprint density at radius 3 is 1.11 bits per heavy atom. The molecule has 115 heavy (non-hydrogen) atoms. The number of benzene rings is 6. The van der Waals surface area contributed by atoms with Crippen LogP contribution in [0.3, 0.4) is 0 Å². The van der Waals surface area contributed by atoms with Gasteiger partial charge in [-0.15, -0.1) is 0 Å². The van der Waals surface area contributed by atoms with E-state index in [-0.39, 0.29) is 126 Å². The van der Waals surface area contributed by atoms with Gasteiger partial charge in [-0.25, -0.2) is 0 Å². The van der Waals surface area contributed by atoms with Crippen LogP contribution in [0.2, 0.25) is 0 Å². The number of phenolic OH excluding ortho intramolecular Hbond substituents is 2. The molecule has 6 aromatic rings. The Hall–Kier alpha value is -13.0. The van der Waals surface area contributed by atoms with Crippen LogP contribution in [0.25, 0.3) is 21.5 Å². The average Bonchev–Trinajstić information content (AvgIpc) is 1.83. The van der Waals surface area contributed by atoms with Crippen molar-refractivity contribution in [2.24, 2.45) is 11.5 Å². The molecule has 14 amide bonds. The van der Waals surface area contributed by atoms with Crippen LogP contribution in [0.1, 0.15) is 106 Å². The number of phenols is 2. The molecule has 6 aromatic carbocycles. The maximum atomic E-state index is 14.7. The minimum absolute atomic E-state index is 0.0108. The Morgan fingerprint density at radius 2 is 0.739 bits per heavy atom. The lowest BCUT2D eigenvalue weighted by Crippen LogP contribution is -2.58. The van der Waals surface area contributed by atoms with E-state index in [1.165, 1.54) is 62.6 Å². The molecule has 0 unspecified atom stereocenters. The average molecular weight is 1580 g/mol. The predicted molar refractivity (Wildman–Crippen MR) is 426 cm³/mol. The van der Waals surface area contributed by atoms with Crippen molar-refractivity contribution in [1.82, 2.24) is 73.6 Å². The molecule has 34 nitrogen and oxygen atoms in total. The first kappa shape index (κ1) is 87.5. The van der Waals surface area contributed by atoms with E-state index in [0.29, 0.717) is 35.1 Å². The van der Waals surface area contributed by atoms with Crippen LogP contribution >= 0.6 is 0 Å². The number of nitrogens with one attached hydrogen (secondary N) is 14. The number of likely N-dealkylation sites (N-methyl/N-ethyl adjacent to an activating group) is 2. The topological polar surface area (TPSA) is 530 Å². The van der Waals surface area contributed by atoms with Crippen LogP contribution in [0.15, 0.2) is 133 Å². The number of aromatic hydroxyl groups is 2. The maximum absolute atomic E-state index is 14.7. The van der Waals surface area contributed by atoms with E-state index < -0.39 is 164 Å². The van der Waals surface area contributed by atoms with Crippen molar-refractivity contribution in [2.45, 2.75) is 157 Å². The van der Waals surface area contributed by atoms with Crippen LogP contribution in [0.4, 0.5) is 0 Å². The van der Waals surface area contributed by atoms with Crippen molar-refractivity contribution in [1.29, 1.82) is 10.8 Å². The minimum atomic E-state index is -1.36. The lowest BCUT2D eigenvalue weighted by atomic mass is 10.00. The smallest absolute Gasteiger partial charge is 0.245 e. The fourth-order valence-corrected chi connectivity index (χ4v) is 13.4. The Balaban J connectivity index is 0.870. The Morgan fingerprint density at radius 1 is 0.391 bits per heavy atom. The molecule has 34 heteroatoms. The van der Waals surface area contributed by atoms with Crippen molar-refractivity contribution in [3.05, 3.63) is 156 Å². The first-order valence-corrected chi connectivity index (χ1v) is 38.2. The number of rotatable bonds is 32. The molecule has 8 atom stereocenters. The lowest BCUT2D eigenvalue weighted by Gasteiger charge is -2.32. The monoisotopic (exact) mass is 1580 g/mol. The summed E-state index contributed by atoms with van der Waals surface area (Å²) in [6.45, 7) is -2.74. The third kappa shape index (κ3) is 28.3. The summed E-state index contributed by atoms with van der Waals surface area (Å²) < 4.78 is 0. The molecule has 2 saturated heterocycles. The van der Waals surface area contributed by atoms with Gasteiger partial charge < -0.3 is 95.3 Å². The molecule has 0 spiro atoms. The molecule has 0 bridgehead atoms. The molecule has 2 aliphatic heterocycles. The minimum Gasteiger partial charge on any atom is -0.508 e. The van der Waals surface area contributed by atoms with E-state index in [9.17, 15) is 77.3 Å². The van der Waals surface area contributed by atoms with Crippen molar-refractivity contribution >= 4 is 116 Å². The van der Waals surface area contributed by atoms with Crippen LogP contribution in [-0.2, 0) is 92.8 Å². The van der Waals surface area contributed by atoms with Gasteiger partial charge in [0, 0.05) is 65.7 Å². The summed E-state index contributed by atoms with van der Waals surface area (Å²) in [5.74, 6) is -11.2. The van der Waals surface area contributed by atoms with E-state index in [1.807, 2.05) is 72.8 Å². The van der Waals surface area contributed by atoms with E-state index in [1.54, 1.807) is 12.1 Å². The van der Waals surface area contributed by atoms with Gasteiger partial charge in [-0.3, -0.25) is 77.9 Å². The van der Waals surface area contributed by atoms with Crippen molar-refractivity contribution in [2.75, 3.05) is 53.4 Å². The second-order valence-electron chi connectivity index (χ2n) is 28.6. The standard InChI is InChI=1S/C81H102N18O16/c1-98-64(78(112)94-58(17-7-9-21-66(82)83)76(110)96-60(41-50-23-29-52-13-3-5-15-54(52)37-50)74(108)90-46-72(106)92-62(80(98)114)39-48-25-31-56(100)32-26-48)19-11-35-86-70(104)44-88-68(102)43-69(103)89-45-71(105)87-36-12-20-65-79(113)95-59(18-8-10-22-67(84)85)77(111)97-61(42-51-24-30-53-14-4-6-16-55(53)38-51)75(109)91-47-73(107)93-63(81(115)99(65)2)40-49-27-33-57(101)34-28-49/h3-6,13-16,23-34,37-38,58-65,100-101H,7-12,17-22,35-36,39-47H2,1-2H3,(H3,82,83)(H3,84,85)(H,86,104)(H,87,105)(H,88,102)(H,89,103)(H,90,108)(H,91,109)(H,92,106)(H,93,107)(H,94,112)(H,95,113)(H,96,110)(H,97,111)/t58-,59-,60-,61-,62+,63+,64+,65+/m0/s1. The fraction of sp³-hybridized carbons (Fsp3) is 0.407. The molecule has 0 aromatic heterocycles. The summed E-state index contributed by atoms with van der Waals surface area (Å²) in [5.41, 5.74) is 13.6. The molecule has 2 fully saturated rings. The Kier molecular flexibility index (Phi) is 33.3. The summed E-state index contributed by atoms with van der Waals surface area (Å²) in [7, 11) is 2.66. The largest absolute Gasteiger partial charge is 0.508 e. The fourth-order valence-electron chi connectivity index (χ4n) is 13.4. The number of carbonyl (C=O) groups excluding carboxylic acids is 14. The summed E-state index contributed by atoms with van der Waals surface area (Å²) in [5, 5.41) is 70.7. The highest BCUT2D eigenvalue weighted by molar-refractivity contribution is 6.01. The number of amidine groups is 2. The van der Waals surface area contributed by atoms with Gasteiger partial charge in [-0.1, -0.05) is 122 Å². The molecule has 0 saturated carbocycles. The molecule has 2 aliphatic rings. The normalized spacial score (nSPS) is 19.7. The third-order valence-corrected chi connectivity index (χ3v) is 19.7. The van der Waals surface area contributed by atoms with E-state index in [4.69, 9.17) is 22.3 Å². The number of nitrogens with zero attached hydrogens (tertiary/aromatic N) is 2. The second kappa shape index (κ2) is 43.7. The van der Waals surface area contributed by atoms with Gasteiger partial charge in [0.05, 0.1) is 37.9 Å². The number of amides is 14. The number of unbranched alkanes of at least 4 members (excludes halogenated alkanes) is 2. The van der Waals surface area contributed by atoms with E-state index in [2.05, 4.69) is 63.8 Å². The highest BCUT2D eigenvalue weighted by atomic mass is 16.3. The van der Waals surface area contributed by atoms with Crippen LogP contribution in [-0.4, -0.2) is 216 Å². The summed E-state index contributed by atoms with van der Waals surface area (Å²) in [6.07, 6.45) is 0.292. The van der Waals surface area contributed by atoms with Crippen LogP contribution < -0.4 is 75.3 Å². The van der Waals surface area contributed by atoms with Crippen molar-refractivity contribution < 1.29 is 77.3 Å². The number of hydrogen-bond acceptors (Lipinski definition) is 18. The summed E-state index contributed by atoms with van der Waals surface area (Å²) in [6, 6.07) is 27.3. The summed E-state index contributed by atoms with van der Waals surface area (Å²) >= 11 is 0. The van der Waals surface area contributed by atoms with E-state index in [0.717, 1.165) is 31.3 Å². The number of hydrogen-bond donors (Lipinski definition) is 18. The predicted octanol–water partition coefficient (Wildman–Crippen LogP) is -0.0948. The van der Waals surface area contributed by atoms with Crippen molar-refractivity contribution in [3.8, 4) is 11.5 Å². The highest BCUT2D eigenvalue weighted by Gasteiger charge is 2.39. The van der Waals surface area contributed by atoms with Gasteiger partial charge in [0.1, 0.15) is 66.3 Å². The first-order chi connectivity index (χ1) is 55.0. The van der Waals surface area contributed by atoms with Gasteiger partial charge in [0.25, 0.3) is 0 Å². The van der Waals surface area contributed by atoms with Gasteiger partial charge in [-0.2, -0.15) is 0 Å². The molecule has 0 radical (unpaired) electrons. The zero-order chi connectivity index (χ0) is 83.1. The number of carbonyl (C=O) groups is 14. The lowest BCUT2D eigenvalue weighted by molar-refractivity contribution is -0.142. The van der Waals surface area contributed by atoms with E-state index >= 15 is 0 Å². The van der Waals surface area contributed by atoms with Gasteiger partial charge in [-0.05, 0) is 119 Å². The maximum Gasteiger partial charge on any atom is 0.245 e. The third-order valence-electron chi connectivity index (χ3n) is 19.7. The van der Waals surface area contributed by atoms with Gasteiger partial charge in [0.2, 0.25) is 82.7 Å². The SMILES string of the molecule is CN1C(=O)[C@@H](Cc2ccc(O)cc2)NC(=O)CNC(=O)[C@H](Cc2ccc3ccccc3c2)NC(=O)[C@H](CCCCC(=N)N)NC(=O)[C@H]1CCCNC(=O)CNC(=O)CC(=O)NCC(=O)NCCC[C@@H]1C(=O)N[C@@H](CCCCC(=N)N)C(=O)N[C@@H](Cc2ccc3ccccc3c2)C(=O)NCC(=O)N[C@H](Cc2ccc(O)cc2)C(=O)N1C. The molecule has 8 rings (SSSR count). The zero-order valence-electron chi connectivity index (χ0n) is 64.2. The van der Waals surface area contributed by atoms with Crippen LogP contribution in [0.5, 0.6) is 11.5 Å². The highest BCUT2D eigenvalue weighted by Crippen LogP contribution is 2.23. The first-order valence-electron chi connectivity index (χ1n) is 38.2. The molecular weight excluding hydrogens is 1480 g/mol. The van der Waals surface area contributed by atoms with Gasteiger partial charge >= 0.3 is 0 Å². The number of nitrogens with two attached hydrogens (primary N) is 2. The Labute approximate surface area is 664 Å². The Bertz CT molecular complexity index is 4240. The number of fused-ring (bicyclic) bond motifs is 2. The van der Waals surface area contributed by atoms with Gasteiger partial charge in [0.15, 0.2) is 0 Å². The summed E-state index contributed by atoms with van der Waals surface area (Å²) in [4.78, 5) is 198. The molecule has 0 aliphatic carbocycles. The second-order valence-corrected chi connectivity index (χ2v) is 28.6. The molecule has 20 N–H and O–H groups in total. The quantitative estimate of drug-likeness (QED) is 0.0114. The molecule has 612 valence electrons. The molecule has 2 heterocycles. The van der Waals surface area contributed by atoms with Crippen LogP contribution in [0, 0.1) is 10.8 Å². The van der Waals surface area contributed by atoms with Crippen molar-refractivity contribution in [3.63, 3.8) is 0 Å².